The number of carbonyl (C=O) groups is 4. The Balaban J connectivity index is 1.62. The van der Waals surface area contributed by atoms with Gasteiger partial charge in [-0.1, -0.05) is 20.8 Å². The monoisotopic (exact) mass is 446 g/mol. The minimum atomic E-state index is -0.920. The van der Waals surface area contributed by atoms with Gasteiger partial charge in [-0.25, -0.2) is 4.79 Å². The second-order valence-corrected chi connectivity index (χ2v) is 10.6. The highest BCUT2D eigenvalue weighted by molar-refractivity contribution is 8.13. The Morgan fingerprint density at radius 3 is 2.42 bits per heavy atom. The molecule has 1 saturated heterocycles. The Labute approximate surface area is 187 Å². The van der Waals surface area contributed by atoms with Crippen LogP contribution >= 0.6 is 11.8 Å². The standard InChI is InChI=1S/C22H30N4O4S/c1-14-10-21(2,3)13-22(11-14)18(28)26(19(29)24-22)12-17(27)23-15-6-8-16(9-7-15)31-20(30)25(4)5/h6-9,14H,10-13H2,1-5H3,(H,23,27)(H,24,29). The third-order valence-corrected chi connectivity index (χ3v) is 6.68. The van der Waals surface area contributed by atoms with E-state index in [9.17, 15) is 19.2 Å². The summed E-state index contributed by atoms with van der Waals surface area (Å²) in [5.74, 6) is -0.466. The molecular weight excluding hydrogens is 416 g/mol. The van der Waals surface area contributed by atoms with Crippen LogP contribution < -0.4 is 10.6 Å². The summed E-state index contributed by atoms with van der Waals surface area (Å²) in [7, 11) is 3.36. The number of hydrogen-bond acceptors (Lipinski definition) is 5. The lowest BCUT2D eigenvalue weighted by molar-refractivity contribution is -0.136. The van der Waals surface area contributed by atoms with Crippen molar-refractivity contribution in [3.05, 3.63) is 24.3 Å². The smallest absolute Gasteiger partial charge is 0.325 e. The van der Waals surface area contributed by atoms with E-state index in [0.29, 0.717) is 24.4 Å². The minimum absolute atomic E-state index is 0.0629. The number of carbonyl (C=O) groups excluding carboxylic acids is 4. The second kappa shape index (κ2) is 8.53. The van der Waals surface area contributed by atoms with Crippen LogP contribution in [0.5, 0.6) is 0 Å². The second-order valence-electron chi connectivity index (χ2n) is 9.59. The number of nitrogens with one attached hydrogen (secondary N) is 2. The van der Waals surface area contributed by atoms with Crippen LogP contribution in [0.1, 0.15) is 40.0 Å². The maximum Gasteiger partial charge on any atom is 0.325 e. The van der Waals surface area contributed by atoms with Gasteiger partial charge in [-0.3, -0.25) is 19.3 Å². The summed E-state index contributed by atoms with van der Waals surface area (Å²) in [6.45, 7) is 5.96. The van der Waals surface area contributed by atoms with E-state index >= 15 is 0 Å². The van der Waals surface area contributed by atoms with Gasteiger partial charge in [0, 0.05) is 24.7 Å². The van der Waals surface area contributed by atoms with E-state index in [4.69, 9.17) is 0 Å². The van der Waals surface area contributed by atoms with Crippen molar-refractivity contribution in [2.75, 3.05) is 26.0 Å². The van der Waals surface area contributed by atoms with Gasteiger partial charge in [0.25, 0.3) is 11.1 Å². The van der Waals surface area contributed by atoms with Gasteiger partial charge in [-0.05, 0) is 66.6 Å². The lowest BCUT2D eigenvalue weighted by atomic mass is 9.64. The van der Waals surface area contributed by atoms with Crippen molar-refractivity contribution in [3.8, 4) is 0 Å². The van der Waals surface area contributed by atoms with Crippen LogP contribution in [0.4, 0.5) is 15.3 Å². The molecule has 0 radical (unpaired) electrons. The first kappa shape index (κ1) is 23.1. The third kappa shape index (κ3) is 5.20. The number of nitrogens with zero attached hydrogens (tertiary/aromatic N) is 2. The van der Waals surface area contributed by atoms with E-state index in [1.807, 2.05) is 0 Å². The maximum atomic E-state index is 13.1. The average molecular weight is 447 g/mol. The van der Waals surface area contributed by atoms with Crippen molar-refractivity contribution in [1.82, 2.24) is 15.1 Å². The predicted molar refractivity (Wildman–Crippen MR) is 120 cm³/mol. The Kier molecular flexibility index (Phi) is 6.36. The molecule has 3 rings (SSSR count). The van der Waals surface area contributed by atoms with Crippen LogP contribution in [0.3, 0.4) is 0 Å². The van der Waals surface area contributed by atoms with Crippen LogP contribution in [0.25, 0.3) is 0 Å². The highest BCUT2D eigenvalue weighted by Gasteiger charge is 2.56. The molecule has 5 amide bonds. The molecule has 2 fully saturated rings. The van der Waals surface area contributed by atoms with Gasteiger partial charge in [-0.2, -0.15) is 0 Å². The minimum Gasteiger partial charge on any atom is -0.339 e. The molecule has 31 heavy (non-hydrogen) atoms. The SMILES string of the molecule is CC1CC(C)(C)CC2(C1)NC(=O)N(CC(=O)Nc1ccc(SC(=O)N(C)C)cc1)C2=O. The van der Waals surface area contributed by atoms with E-state index < -0.39 is 17.5 Å². The van der Waals surface area contributed by atoms with Crippen molar-refractivity contribution < 1.29 is 19.2 Å². The molecule has 8 nitrogen and oxygen atoms in total. The lowest BCUT2D eigenvalue weighted by Crippen LogP contribution is -2.54. The highest BCUT2D eigenvalue weighted by atomic mass is 32.2. The zero-order chi connectivity index (χ0) is 23.0. The maximum absolute atomic E-state index is 13.1. The number of imide groups is 1. The Morgan fingerprint density at radius 1 is 1.19 bits per heavy atom. The summed E-state index contributed by atoms with van der Waals surface area (Å²) < 4.78 is 0. The van der Waals surface area contributed by atoms with E-state index in [0.717, 1.165) is 28.0 Å². The Hall–Kier alpha value is -2.55. The van der Waals surface area contributed by atoms with E-state index in [-0.39, 0.29) is 23.1 Å². The molecule has 2 unspecified atom stereocenters. The molecule has 1 aromatic rings. The molecule has 2 atom stereocenters. The largest absolute Gasteiger partial charge is 0.339 e. The molecule has 168 valence electrons. The number of benzene rings is 1. The Morgan fingerprint density at radius 2 is 1.84 bits per heavy atom. The number of hydrogen-bond donors (Lipinski definition) is 2. The zero-order valence-electron chi connectivity index (χ0n) is 18.7. The fourth-order valence-electron chi connectivity index (χ4n) is 4.79. The van der Waals surface area contributed by atoms with Crippen LogP contribution in [0.2, 0.25) is 0 Å². The Bertz CT molecular complexity index is 899. The summed E-state index contributed by atoms with van der Waals surface area (Å²) in [4.78, 5) is 53.2. The first-order chi connectivity index (χ1) is 14.4. The number of urea groups is 1. The number of amides is 5. The van der Waals surface area contributed by atoms with E-state index in [2.05, 4.69) is 31.4 Å². The molecule has 9 heteroatoms. The third-order valence-electron chi connectivity index (χ3n) is 5.63. The summed E-state index contributed by atoms with van der Waals surface area (Å²) in [6, 6.07) is 6.31. The van der Waals surface area contributed by atoms with Gasteiger partial charge in [0.15, 0.2) is 0 Å². The van der Waals surface area contributed by atoms with Crippen LogP contribution in [0, 0.1) is 11.3 Å². The quantitative estimate of drug-likeness (QED) is 0.545. The van der Waals surface area contributed by atoms with Crippen molar-refractivity contribution >= 4 is 40.5 Å². The molecule has 1 saturated carbocycles. The van der Waals surface area contributed by atoms with Crippen LogP contribution in [0.15, 0.2) is 29.2 Å². The van der Waals surface area contributed by atoms with Crippen molar-refractivity contribution in [3.63, 3.8) is 0 Å². The lowest BCUT2D eigenvalue weighted by Gasteiger charge is -2.43. The van der Waals surface area contributed by atoms with E-state index in [1.165, 1.54) is 4.90 Å². The first-order valence-electron chi connectivity index (χ1n) is 10.3. The fraction of sp³-hybridized carbons (Fsp3) is 0.545. The normalized spacial score (nSPS) is 24.8. The van der Waals surface area contributed by atoms with Crippen molar-refractivity contribution in [2.24, 2.45) is 11.3 Å². The predicted octanol–water partition coefficient (Wildman–Crippen LogP) is 3.54. The van der Waals surface area contributed by atoms with E-state index in [1.54, 1.807) is 38.4 Å². The topological polar surface area (TPSA) is 98.8 Å². The van der Waals surface area contributed by atoms with Gasteiger partial charge in [0.1, 0.15) is 12.1 Å². The summed E-state index contributed by atoms with van der Waals surface area (Å²) in [6.07, 6.45) is 2.15. The van der Waals surface area contributed by atoms with Crippen molar-refractivity contribution in [2.45, 2.75) is 50.5 Å². The molecule has 0 aromatic heterocycles. The van der Waals surface area contributed by atoms with Crippen LogP contribution in [-0.4, -0.2) is 59.1 Å². The molecule has 2 aliphatic rings. The van der Waals surface area contributed by atoms with Gasteiger partial charge >= 0.3 is 6.03 Å². The molecule has 1 aliphatic carbocycles. The summed E-state index contributed by atoms with van der Waals surface area (Å²) in [5.41, 5.74) is -0.455. The van der Waals surface area contributed by atoms with Gasteiger partial charge in [0.2, 0.25) is 5.91 Å². The highest BCUT2D eigenvalue weighted by Crippen LogP contribution is 2.46. The van der Waals surface area contributed by atoms with Gasteiger partial charge < -0.3 is 15.5 Å². The number of rotatable bonds is 4. The molecule has 2 N–H and O–H groups in total. The van der Waals surface area contributed by atoms with Gasteiger partial charge in [0.05, 0.1) is 0 Å². The molecular formula is C22H30N4O4S. The fourth-order valence-corrected chi connectivity index (χ4v) is 5.45. The van der Waals surface area contributed by atoms with Crippen molar-refractivity contribution in [1.29, 1.82) is 0 Å². The number of thioether (sulfide) groups is 1. The molecule has 1 heterocycles. The molecule has 1 aliphatic heterocycles. The molecule has 1 aromatic carbocycles. The molecule has 1 spiro atoms. The molecule has 0 bridgehead atoms. The van der Waals surface area contributed by atoms with Crippen LogP contribution in [-0.2, 0) is 9.59 Å². The average Bonchev–Trinajstić information content (AvgIpc) is 2.84. The zero-order valence-corrected chi connectivity index (χ0v) is 19.5. The number of anilines is 1. The van der Waals surface area contributed by atoms with Gasteiger partial charge in [-0.15, -0.1) is 0 Å². The summed E-state index contributed by atoms with van der Waals surface area (Å²) >= 11 is 1.09. The first-order valence-corrected chi connectivity index (χ1v) is 11.2. The summed E-state index contributed by atoms with van der Waals surface area (Å²) in [5, 5.41) is 5.50.